The van der Waals surface area contributed by atoms with Crippen molar-refractivity contribution in [2.45, 2.75) is 19.8 Å². The lowest BCUT2D eigenvalue weighted by molar-refractivity contribution is 0.0500. The second-order valence-corrected chi connectivity index (χ2v) is 5.21. The van der Waals surface area contributed by atoms with Crippen molar-refractivity contribution in [1.82, 2.24) is 9.97 Å². The topological polar surface area (TPSA) is 123 Å². The minimum atomic E-state index is -0.354. The van der Waals surface area contributed by atoms with Crippen LogP contribution in [0.15, 0.2) is 30.6 Å². The Balaban J connectivity index is 2.13. The fourth-order valence-electron chi connectivity index (χ4n) is 2.04. The molecule has 25 heavy (non-hydrogen) atoms. The van der Waals surface area contributed by atoms with Crippen molar-refractivity contribution in [3.05, 3.63) is 41.7 Å². The van der Waals surface area contributed by atoms with Crippen LogP contribution in [0.4, 0.5) is 17.3 Å². The van der Waals surface area contributed by atoms with Crippen molar-refractivity contribution < 1.29 is 14.3 Å². The maximum Gasteiger partial charge on any atom is 0.338 e. The zero-order valence-electron chi connectivity index (χ0n) is 14.2. The molecule has 8 nitrogen and oxygen atoms in total. The molecule has 1 heterocycles. The van der Waals surface area contributed by atoms with Crippen LogP contribution in [0.25, 0.3) is 0 Å². The van der Waals surface area contributed by atoms with E-state index in [0.717, 1.165) is 12.8 Å². The average Bonchev–Trinajstić information content (AvgIpc) is 2.62. The van der Waals surface area contributed by atoms with Crippen LogP contribution in [0.3, 0.4) is 0 Å². The van der Waals surface area contributed by atoms with Crippen LogP contribution in [0.5, 0.6) is 0 Å². The fourth-order valence-corrected chi connectivity index (χ4v) is 2.04. The first-order chi connectivity index (χ1) is 12.1. The molecule has 2 rings (SSSR count). The van der Waals surface area contributed by atoms with E-state index in [4.69, 9.17) is 20.6 Å². The van der Waals surface area contributed by atoms with Gasteiger partial charge in [0.25, 0.3) is 0 Å². The van der Waals surface area contributed by atoms with Crippen LogP contribution in [-0.4, -0.2) is 35.6 Å². The minimum Gasteiger partial charge on any atom is -0.481 e. The standard InChI is InChI=1S/C17H21N5O3/c1-3-4-9-25-17(23)11-5-7-12(8-6-11)22-16-13(15(19)24-2)14(18)20-10-21-16/h5-8,10,19H,3-4,9H2,1-2H3,(H3,18,20,21,22). The quantitative estimate of drug-likeness (QED) is 0.306. The molecule has 0 aliphatic carbocycles. The molecule has 1 aromatic heterocycles. The third kappa shape index (κ3) is 4.66. The number of esters is 1. The Morgan fingerprint density at radius 1 is 1.28 bits per heavy atom. The lowest BCUT2D eigenvalue weighted by atomic mass is 10.2. The number of aromatic nitrogens is 2. The number of hydrogen-bond donors (Lipinski definition) is 3. The molecular weight excluding hydrogens is 322 g/mol. The highest BCUT2D eigenvalue weighted by Crippen LogP contribution is 2.22. The predicted molar refractivity (Wildman–Crippen MR) is 95.2 cm³/mol. The van der Waals surface area contributed by atoms with Crippen molar-refractivity contribution in [3.8, 4) is 0 Å². The van der Waals surface area contributed by atoms with E-state index in [1.165, 1.54) is 13.4 Å². The van der Waals surface area contributed by atoms with Crippen LogP contribution in [0.2, 0.25) is 0 Å². The van der Waals surface area contributed by atoms with E-state index in [-0.39, 0.29) is 23.2 Å². The first-order valence-electron chi connectivity index (χ1n) is 7.84. The number of nitrogens with zero attached hydrogens (tertiary/aromatic N) is 2. The number of carbonyl (C=O) groups is 1. The number of hydrogen-bond acceptors (Lipinski definition) is 8. The molecule has 1 aromatic carbocycles. The van der Waals surface area contributed by atoms with Crippen molar-refractivity contribution in [3.63, 3.8) is 0 Å². The van der Waals surface area contributed by atoms with E-state index in [0.29, 0.717) is 23.7 Å². The highest BCUT2D eigenvalue weighted by atomic mass is 16.5. The third-order valence-electron chi connectivity index (χ3n) is 3.42. The zero-order valence-corrected chi connectivity index (χ0v) is 14.2. The monoisotopic (exact) mass is 343 g/mol. The van der Waals surface area contributed by atoms with Crippen LogP contribution in [0, 0.1) is 5.41 Å². The summed E-state index contributed by atoms with van der Waals surface area (Å²) in [4.78, 5) is 19.9. The van der Waals surface area contributed by atoms with Gasteiger partial charge in [-0.3, -0.25) is 5.41 Å². The molecule has 0 spiro atoms. The molecule has 0 bridgehead atoms. The SMILES string of the molecule is CCCCOC(=O)c1ccc(Nc2ncnc(N)c2C(=N)OC)cc1. The van der Waals surface area contributed by atoms with Crippen molar-refractivity contribution in [1.29, 1.82) is 5.41 Å². The van der Waals surface area contributed by atoms with E-state index in [1.807, 2.05) is 6.92 Å². The van der Waals surface area contributed by atoms with E-state index in [9.17, 15) is 4.79 Å². The summed E-state index contributed by atoms with van der Waals surface area (Å²) in [6.07, 6.45) is 3.11. The number of unbranched alkanes of at least 4 members (excludes halogenated alkanes) is 1. The van der Waals surface area contributed by atoms with Crippen molar-refractivity contribution in [2.75, 3.05) is 24.8 Å². The fraction of sp³-hybridized carbons (Fsp3) is 0.294. The normalized spacial score (nSPS) is 10.2. The highest BCUT2D eigenvalue weighted by molar-refractivity contribution is 6.01. The molecule has 0 atom stereocenters. The smallest absolute Gasteiger partial charge is 0.338 e. The van der Waals surface area contributed by atoms with E-state index >= 15 is 0 Å². The lowest BCUT2D eigenvalue weighted by Crippen LogP contribution is -2.12. The molecule has 132 valence electrons. The Morgan fingerprint density at radius 3 is 2.64 bits per heavy atom. The largest absolute Gasteiger partial charge is 0.481 e. The van der Waals surface area contributed by atoms with Crippen molar-refractivity contribution >= 4 is 29.2 Å². The molecule has 0 aliphatic rings. The molecule has 0 aliphatic heterocycles. The van der Waals surface area contributed by atoms with Gasteiger partial charge in [0, 0.05) is 5.69 Å². The summed E-state index contributed by atoms with van der Waals surface area (Å²) in [6, 6.07) is 6.74. The van der Waals surface area contributed by atoms with Gasteiger partial charge in [-0.15, -0.1) is 0 Å². The highest BCUT2D eigenvalue weighted by Gasteiger charge is 2.15. The van der Waals surface area contributed by atoms with Gasteiger partial charge in [0.2, 0.25) is 5.90 Å². The minimum absolute atomic E-state index is 0.139. The van der Waals surface area contributed by atoms with Gasteiger partial charge in [-0.25, -0.2) is 14.8 Å². The zero-order chi connectivity index (χ0) is 18.2. The molecule has 2 aromatic rings. The van der Waals surface area contributed by atoms with E-state index in [2.05, 4.69) is 15.3 Å². The Hall–Kier alpha value is -3.16. The van der Waals surface area contributed by atoms with Crippen LogP contribution in [-0.2, 0) is 9.47 Å². The number of carbonyl (C=O) groups excluding carboxylic acids is 1. The first kappa shape index (κ1) is 18.2. The maximum atomic E-state index is 11.9. The Kier molecular flexibility index (Phi) is 6.27. The second-order valence-electron chi connectivity index (χ2n) is 5.21. The van der Waals surface area contributed by atoms with Gasteiger partial charge in [-0.1, -0.05) is 13.3 Å². The number of methoxy groups -OCH3 is 1. The summed E-state index contributed by atoms with van der Waals surface area (Å²) < 4.78 is 10.1. The van der Waals surface area contributed by atoms with Gasteiger partial charge in [-0.05, 0) is 30.7 Å². The number of benzene rings is 1. The number of rotatable bonds is 7. The molecule has 0 saturated carbocycles. The lowest BCUT2D eigenvalue weighted by Gasteiger charge is -2.12. The molecule has 0 radical (unpaired) electrons. The van der Waals surface area contributed by atoms with Crippen LogP contribution in [0.1, 0.15) is 35.7 Å². The summed E-state index contributed by atoms with van der Waals surface area (Å²) in [5.74, 6) is -0.0112. The van der Waals surface area contributed by atoms with Gasteiger partial charge in [0.1, 0.15) is 23.5 Å². The van der Waals surface area contributed by atoms with Gasteiger partial charge in [0.05, 0.1) is 19.3 Å². The first-order valence-corrected chi connectivity index (χ1v) is 7.84. The van der Waals surface area contributed by atoms with Gasteiger partial charge >= 0.3 is 5.97 Å². The third-order valence-corrected chi connectivity index (χ3v) is 3.42. The molecule has 0 saturated heterocycles. The second kappa shape index (κ2) is 8.62. The predicted octanol–water partition coefficient (Wildman–Crippen LogP) is 2.73. The Morgan fingerprint density at radius 2 is 2.00 bits per heavy atom. The van der Waals surface area contributed by atoms with E-state index < -0.39 is 0 Å². The van der Waals surface area contributed by atoms with Crippen LogP contribution >= 0.6 is 0 Å². The molecule has 0 unspecified atom stereocenters. The number of anilines is 3. The molecule has 0 amide bonds. The summed E-state index contributed by atoms with van der Waals surface area (Å²) in [5.41, 5.74) is 7.21. The molecule has 4 N–H and O–H groups in total. The van der Waals surface area contributed by atoms with E-state index in [1.54, 1.807) is 24.3 Å². The average molecular weight is 343 g/mol. The summed E-state index contributed by atoms with van der Waals surface area (Å²) >= 11 is 0. The Labute approximate surface area is 145 Å². The van der Waals surface area contributed by atoms with Gasteiger partial charge in [0.15, 0.2) is 0 Å². The van der Waals surface area contributed by atoms with Gasteiger partial charge < -0.3 is 20.5 Å². The molecular formula is C17H21N5O3. The van der Waals surface area contributed by atoms with Crippen LogP contribution < -0.4 is 11.1 Å². The number of nitrogens with one attached hydrogen (secondary N) is 2. The maximum absolute atomic E-state index is 11.9. The van der Waals surface area contributed by atoms with Crippen molar-refractivity contribution in [2.24, 2.45) is 0 Å². The summed E-state index contributed by atoms with van der Waals surface area (Å²) in [6.45, 7) is 2.45. The molecule has 0 fully saturated rings. The number of nitrogens with two attached hydrogens (primary N) is 1. The molecule has 8 heteroatoms. The summed E-state index contributed by atoms with van der Waals surface area (Å²) in [7, 11) is 1.37. The Bertz CT molecular complexity index is 746. The number of nitrogen functional groups attached to an aromatic ring is 1. The summed E-state index contributed by atoms with van der Waals surface area (Å²) in [5, 5.41) is 10.9. The van der Waals surface area contributed by atoms with Gasteiger partial charge in [-0.2, -0.15) is 0 Å². The number of ether oxygens (including phenoxy) is 2.